The van der Waals surface area contributed by atoms with Crippen molar-refractivity contribution in [1.82, 2.24) is 9.80 Å². The van der Waals surface area contributed by atoms with Gasteiger partial charge in [-0.05, 0) is 69.4 Å². The van der Waals surface area contributed by atoms with E-state index in [9.17, 15) is 14.7 Å². The summed E-state index contributed by atoms with van der Waals surface area (Å²) in [5.41, 5.74) is 1.30. The number of benzene rings is 2. The molecule has 7 nitrogen and oxygen atoms in total. The van der Waals surface area contributed by atoms with E-state index in [0.29, 0.717) is 37.6 Å². The molecule has 1 unspecified atom stereocenters. The summed E-state index contributed by atoms with van der Waals surface area (Å²) in [7, 11) is 3.83. The van der Waals surface area contributed by atoms with E-state index in [0.717, 1.165) is 30.6 Å². The first kappa shape index (κ1) is 26.3. The van der Waals surface area contributed by atoms with Gasteiger partial charge < -0.3 is 24.4 Å². The van der Waals surface area contributed by atoms with E-state index in [2.05, 4.69) is 6.92 Å². The van der Waals surface area contributed by atoms with Crippen LogP contribution < -0.4 is 9.47 Å². The molecule has 1 aliphatic rings. The molecule has 1 amide bonds. The Hall–Kier alpha value is -3.32. The fourth-order valence-corrected chi connectivity index (χ4v) is 4.08. The van der Waals surface area contributed by atoms with Gasteiger partial charge in [-0.1, -0.05) is 31.9 Å². The number of rotatable bonds is 12. The zero-order chi connectivity index (χ0) is 25.4. The molecule has 7 heteroatoms. The lowest BCUT2D eigenvalue weighted by molar-refractivity contribution is -0.140. The predicted molar refractivity (Wildman–Crippen MR) is 137 cm³/mol. The van der Waals surface area contributed by atoms with Crippen LogP contribution >= 0.6 is 0 Å². The second-order valence-electron chi connectivity index (χ2n) is 8.88. The van der Waals surface area contributed by atoms with Crippen LogP contribution in [0.2, 0.25) is 0 Å². The summed E-state index contributed by atoms with van der Waals surface area (Å²) in [4.78, 5) is 29.6. The van der Waals surface area contributed by atoms with Gasteiger partial charge in [0.2, 0.25) is 0 Å². The smallest absolute Gasteiger partial charge is 0.295 e. The highest BCUT2D eigenvalue weighted by molar-refractivity contribution is 6.46. The SMILES string of the molecule is CCCCCOc1ccc(C2C(=C(O)c3ccc(OCC)cc3)C(=O)C(=O)N2CCN(C)C)cc1. The third-order valence-corrected chi connectivity index (χ3v) is 5.98. The van der Waals surface area contributed by atoms with Crippen LogP contribution in [0.15, 0.2) is 54.1 Å². The number of unbranched alkanes of at least 4 members (excludes halogenated alkanes) is 2. The fraction of sp³-hybridized carbons (Fsp3) is 0.429. The first-order valence-corrected chi connectivity index (χ1v) is 12.3. The number of hydrogen-bond donors (Lipinski definition) is 1. The monoisotopic (exact) mass is 480 g/mol. The molecule has 1 saturated heterocycles. The Kier molecular flexibility index (Phi) is 9.32. The molecule has 0 saturated carbocycles. The van der Waals surface area contributed by atoms with Crippen molar-refractivity contribution < 1.29 is 24.2 Å². The molecule has 1 atom stereocenters. The largest absolute Gasteiger partial charge is 0.507 e. The molecule has 188 valence electrons. The first-order valence-electron chi connectivity index (χ1n) is 12.3. The van der Waals surface area contributed by atoms with Crippen molar-refractivity contribution in [3.63, 3.8) is 0 Å². The minimum absolute atomic E-state index is 0.0922. The molecule has 3 rings (SSSR count). The number of nitrogens with zero attached hydrogens (tertiary/aromatic N) is 2. The summed E-state index contributed by atoms with van der Waals surface area (Å²) in [5.74, 6) is -0.0731. The average molecular weight is 481 g/mol. The molecular formula is C28H36N2O5. The Labute approximate surface area is 207 Å². The van der Waals surface area contributed by atoms with Crippen LogP contribution in [-0.4, -0.2) is 67.0 Å². The molecule has 0 radical (unpaired) electrons. The number of carbonyl (C=O) groups is 2. The third kappa shape index (κ3) is 6.42. The minimum atomic E-state index is -0.685. The zero-order valence-corrected chi connectivity index (χ0v) is 21.1. The maximum absolute atomic E-state index is 13.1. The predicted octanol–water partition coefficient (Wildman–Crippen LogP) is 4.64. The van der Waals surface area contributed by atoms with Gasteiger partial charge in [0, 0.05) is 18.7 Å². The molecule has 0 aromatic heterocycles. The number of aliphatic hydroxyl groups excluding tert-OH is 1. The van der Waals surface area contributed by atoms with Crippen LogP contribution in [0, 0.1) is 0 Å². The van der Waals surface area contributed by atoms with Gasteiger partial charge in [0.15, 0.2) is 0 Å². The maximum Gasteiger partial charge on any atom is 0.295 e. The van der Waals surface area contributed by atoms with Crippen molar-refractivity contribution in [1.29, 1.82) is 0 Å². The highest BCUT2D eigenvalue weighted by Gasteiger charge is 2.45. The van der Waals surface area contributed by atoms with Crippen molar-refractivity contribution >= 4 is 17.4 Å². The van der Waals surface area contributed by atoms with E-state index in [4.69, 9.17) is 9.47 Å². The number of likely N-dealkylation sites (N-methyl/N-ethyl adjacent to an activating group) is 1. The molecule has 1 heterocycles. The molecule has 0 aliphatic carbocycles. The van der Waals surface area contributed by atoms with Gasteiger partial charge in [-0.3, -0.25) is 9.59 Å². The molecular weight excluding hydrogens is 444 g/mol. The summed E-state index contributed by atoms with van der Waals surface area (Å²) in [6.07, 6.45) is 3.23. The van der Waals surface area contributed by atoms with Crippen LogP contribution in [-0.2, 0) is 9.59 Å². The number of carbonyl (C=O) groups excluding carboxylic acids is 2. The first-order chi connectivity index (χ1) is 16.9. The second-order valence-corrected chi connectivity index (χ2v) is 8.88. The zero-order valence-electron chi connectivity index (χ0n) is 21.1. The van der Waals surface area contributed by atoms with E-state index in [1.807, 2.05) is 50.2 Å². The number of likely N-dealkylation sites (tertiary alicyclic amines) is 1. The molecule has 0 spiro atoms. The van der Waals surface area contributed by atoms with Crippen molar-refractivity contribution in [3.8, 4) is 11.5 Å². The van der Waals surface area contributed by atoms with Gasteiger partial charge in [0.05, 0.1) is 24.8 Å². The van der Waals surface area contributed by atoms with Crippen molar-refractivity contribution in [2.75, 3.05) is 40.4 Å². The molecule has 2 aromatic carbocycles. The Bertz CT molecular complexity index is 1030. The van der Waals surface area contributed by atoms with E-state index in [-0.39, 0.29) is 11.3 Å². The Balaban J connectivity index is 1.97. The highest BCUT2D eigenvalue weighted by Crippen LogP contribution is 2.39. The van der Waals surface area contributed by atoms with Gasteiger partial charge in [-0.15, -0.1) is 0 Å². The van der Waals surface area contributed by atoms with Crippen LogP contribution in [0.3, 0.4) is 0 Å². The topological polar surface area (TPSA) is 79.3 Å². The molecule has 2 aromatic rings. The quantitative estimate of drug-likeness (QED) is 0.206. The maximum atomic E-state index is 13.1. The van der Waals surface area contributed by atoms with Gasteiger partial charge in [-0.2, -0.15) is 0 Å². The summed E-state index contributed by atoms with van der Waals surface area (Å²) >= 11 is 0. The fourth-order valence-electron chi connectivity index (χ4n) is 4.08. The number of hydrogen-bond acceptors (Lipinski definition) is 6. The normalized spacial score (nSPS) is 17.3. The lowest BCUT2D eigenvalue weighted by Crippen LogP contribution is -2.35. The van der Waals surface area contributed by atoms with Gasteiger partial charge in [-0.25, -0.2) is 0 Å². The van der Waals surface area contributed by atoms with Crippen LogP contribution in [0.1, 0.15) is 50.3 Å². The third-order valence-electron chi connectivity index (χ3n) is 5.98. The Morgan fingerprint density at radius 3 is 2.17 bits per heavy atom. The molecule has 0 bridgehead atoms. The van der Waals surface area contributed by atoms with Crippen molar-refractivity contribution in [3.05, 3.63) is 65.2 Å². The van der Waals surface area contributed by atoms with Gasteiger partial charge in [0.1, 0.15) is 17.3 Å². The molecule has 1 aliphatic heterocycles. The summed E-state index contributed by atoms with van der Waals surface area (Å²) < 4.78 is 11.3. The lowest BCUT2D eigenvalue weighted by Gasteiger charge is -2.26. The number of amides is 1. The van der Waals surface area contributed by atoms with E-state index in [1.54, 1.807) is 29.2 Å². The van der Waals surface area contributed by atoms with Crippen LogP contribution in [0.25, 0.3) is 5.76 Å². The van der Waals surface area contributed by atoms with E-state index in [1.165, 1.54) is 0 Å². The van der Waals surface area contributed by atoms with Gasteiger partial charge in [0.25, 0.3) is 11.7 Å². The summed E-state index contributed by atoms with van der Waals surface area (Å²) in [6.45, 7) is 6.16. The Morgan fingerprint density at radius 1 is 0.943 bits per heavy atom. The number of ketones is 1. The molecule has 1 N–H and O–H groups in total. The molecule has 35 heavy (non-hydrogen) atoms. The standard InChI is InChI=1S/C28H36N2O5/c1-5-7-8-19-35-23-13-9-20(10-14-23)25-24(27(32)28(33)30(25)18-17-29(3)4)26(31)21-11-15-22(16-12-21)34-6-2/h9-16,25,31H,5-8,17-19H2,1-4H3. The average Bonchev–Trinajstić information content (AvgIpc) is 3.11. The van der Waals surface area contributed by atoms with Crippen LogP contribution in [0.5, 0.6) is 11.5 Å². The van der Waals surface area contributed by atoms with Crippen molar-refractivity contribution in [2.45, 2.75) is 39.2 Å². The van der Waals surface area contributed by atoms with Gasteiger partial charge >= 0.3 is 0 Å². The van der Waals surface area contributed by atoms with E-state index < -0.39 is 17.7 Å². The Morgan fingerprint density at radius 2 is 1.57 bits per heavy atom. The van der Waals surface area contributed by atoms with E-state index >= 15 is 0 Å². The lowest BCUT2D eigenvalue weighted by atomic mass is 9.95. The second kappa shape index (κ2) is 12.4. The minimum Gasteiger partial charge on any atom is -0.507 e. The number of Topliss-reactive ketones (excluding diaryl/α,β-unsaturated/α-hetero) is 1. The molecule has 1 fully saturated rings. The number of ether oxygens (including phenoxy) is 2. The highest BCUT2D eigenvalue weighted by atomic mass is 16.5. The van der Waals surface area contributed by atoms with Crippen LogP contribution in [0.4, 0.5) is 0 Å². The number of aliphatic hydroxyl groups is 1. The summed E-state index contributed by atoms with van der Waals surface area (Å²) in [6, 6.07) is 13.6. The van der Waals surface area contributed by atoms with Crippen molar-refractivity contribution in [2.24, 2.45) is 0 Å². The summed E-state index contributed by atoms with van der Waals surface area (Å²) in [5, 5.41) is 11.2.